The largest absolute Gasteiger partial charge is 0.386 e. The van der Waals surface area contributed by atoms with Crippen molar-refractivity contribution in [2.24, 2.45) is 0 Å². The molecule has 0 saturated heterocycles. The first kappa shape index (κ1) is 7.76. The van der Waals surface area contributed by atoms with Crippen molar-refractivity contribution in [1.82, 2.24) is 0 Å². The lowest BCUT2D eigenvalue weighted by atomic mass is 9.78. The molecule has 0 aromatic rings. The molecule has 0 radical (unpaired) electrons. The molecule has 0 aromatic carbocycles. The maximum atomic E-state index is 9.42. The first-order valence-corrected chi connectivity index (χ1v) is 3.68. The van der Waals surface area contributed by atoms with Gasteiger partial charge in [-0.3, -0.25) is 0 Å². The van der Waals surface area contributed by atoms with Crippen LogP contribution in [0.15, 0.2) is 12.7 Å². The van der Waals surface area contributed by atoms with Gasteiger partial charge >= 0.3 is 0 Å². The van der Waals surface area contributed by atoms with Crippen LogP contribution in [0.1, 0.15) is 19.8 Å². The SMILES string of the molecule is C=CC1(O)CC(OCC)C1. The average molecular weight is 142 g/mol. The second-order valence-corrected chi connectivity index (χ2v) is 2.79. The quantitative estimate of drug-likeness (QED) is 0.598. The molecule has 0 aromatic heterocycles. The fourth-order valence-electron chi connectivity index (χ4n) is 1.25. The Labute approximate surface area is 61.5 Å². The summed E-state index contributed by atoms with van der Waals surface area (Å²) in [6, 6.07) is 0. The molecular formula is C8H14O2. The molecule has 0 amide bonds. The van der Waals surface area contributed by atoms with E-state index in [2.05, 4.69) is 6.58 Å². The van der Waals surface area contributed by atoms with Crippen molar-refractivity contribution in [2.45, 2.75) is 31.5 Å². The minimum atomic E-state index is -0.625. The molecule has 1 fully saturated rings. The third kappa shape index (κ3) is 1.39. The Morgan fingerprint density at radius 3 is 2.80 bits per heavy atom. The smallest absolute Gasteiger partial charge is 0.0874 e. The topological polar surface area (TPSA) is 29.5 Å². The maximum Gasteiger partial charge on any atom is 0.0874 e. The monoisotopic (exact) mass is 142 g/mol. The predicted octanol–water partition coefficient (Wildman–Crippen LogP) is 1.10. The normalized spacial score (nSPS) is 38.8. The van der Waals surface area contributed by atoms with Gasteiger partial charge in [0, 0.05) is 19.4 Å². The molecule has 1 saturated carbocycles. The highest BCUT2D eigenvalue weighted by Crippen LogP contribution is 2.34. The van der Waals surface area contributed by atoms with Crippen LogP contribution in [0.4, 0.5) is 0 Å². The molecule has 0 unspecified atom stereocenters. The first-order chi connectivity index (χ1) is 4.70. The Morgan fingerprint density at radius 2 is 2.40 bits per heavy atom. The van der Waals surface area contributed by atoms with Crippen LogP contribution in [0, 0.1) is 0 Å². The van der Waals surface area contributed by atoms with Crippen molar-refractivity contribution in [3.8, 4) is 0 Å². The van der Waals surface area contributed by atoms with E-state index >= 15 is 0 Å². The van der Waals surface area contributed by atoms with Gasteiger partial charge in [-0.15, -0.1) is 6.58 Å². The van der Waals surface area contributed by atoms with E-state index in [9.17, 15) is 5.11 Å². The van der Waals surface area contributed by atoms with Crippen molar-refractivity contribution in [2.75, 3.05) is 6.61 Å². The molecule has 2 heteroatoms. The number of hydrogen-bond donors (Lipinski definition) is 1. The molecule has 10 heavy (non-hydrogen) atoms. The second kappa shape index (κ2) is 2.72. The molecule has 0 atom stereocenters. The molecule has 0 spiro atoms. The van der Waals surface area contributed by atoms with Crippen LogP contribution in [0.5, 0.6) is 0 Å². The van der Waals surface area contributed by atoms with Gasteiger partial charge in [-0.2, -0.15) is 0 Å². The summed E-state index contributed by atoms with van der Waals surface area (Å²) < 4.78 is 5.27. The van der Waals surface area contributed by atoms with Gasteiger partial charge < -0.3 is 9.84 Å². The van der Waals surface area contributed by atoms with Gasteiger partial charge in [0.25, 0.3) is 0 Å². The molecule has 1 N–H and O–H groups in total. The number of ether oxygens (including phenoxy) is 1. The lowest BCUT2D eigenvalue weighted by Gasteiger charge is -2.40. The molecule has 0 aliphatic heterocycles. The zero-order valence-electron chi connectivity index (χ0n) is 6.34. The Hall–Kier alpha value is -0.340. The van der Waals surface area contributed by atoms with Gasteiger partial charge in [-0.1, -0.05) is 6.08 Å². The number of hydrogen-bond acceptors (Lipinski definition) is 2. The van der Waals surface area contributed by atoms with Crippen molar-refractivity contribution in [3.63, 3.8) is 0 Å². The van der Waals surface area contributed by atoms with Crippen molar-refractivity contribution in [3.05, 3.63) is 12.7 Å². The molecule has 1 aliphatic rings. The fraction of sp³-hybridized carbons (Fsp3) is 0.750. The number of rotatable bonds is 3. The minimum absolute atomic E-state index is 0.257. The molecule has 2 nitrogen and oxygen atoms in total. The first-order valence-electron chi connectivity index (χ1n) is 3.68. The Bertz CT molecular complexity index is 125. The average Bonchev–Trinajstić information content (AvgIpc) is 1.85. The summed E-state index contributed by atoms with van der Waals surface area (Å²) in [4.78, 5) is 0. The van der Waals surface area contributed by atoms with Gasteiger partial charge in [0.15, 0.2) is 0 Å². The van der Waals surface area contributed by atoms with Gasteiger partial charge in [-0.25, -0.2) is 0 Å². The number of aliphatic hydroxyl groups is 1. The van der Waals surface area contributed by atoms with Crippen LogP contribution < -0.4 is 0 Å². The van der Waals surface area contributed by atoms with Crippen molar-refractivity contribution in [1.29, 1.82) is 0 Å². The second-order valence-electron chi connectivity index (χ2n) is 2.79. The van der Waals surface area contributed by atoms with E-state index in [0.29, 0.717) is 12.8 Å². The van der Waals surface area contributed by atoms with Crippen LogP contribution in [-0.4, -0.2) is 23.4 Å². The lowest BCUT2D eigenvalue weighted by Crippen LogP contribution is -2.46. The van der Waals surface area contributed by atoms with Crippen LogP contribution in [-0.2, 0) is 4.74 Å². The Kier molecular flexibility index (Phi) is 2.11. The Balaban J connectivity index is 2.22. The zero-order valence-corrected chi connectivity index (χ0v) is 6.34. The molecule has 1 rings (SSSR count). The highest BCUT2D eigenvalue weighted by molar-refractivity contribution is 5.06. The molecule has 0 bridgehead atoms. The van der Waals surface area contributed by atoms with E-state index in [1.807, 2.05) is 6.92 Å². The van der Waals surface area contributed by atoms with Crippen LogP contribution >= 0.6 is 0 Å². The summed E-state index contributed by atoms with van der Waals surface area (Å²) in [6.45, 7) is 6.24. The van der Waals surface area contributed by atoms with Crippen LogP contribution in [0.2, 0.25) is 0 Å². The summed E-state index contributed by atoms with van der Waals surface area (Å²) >= 11 is 0. The minimum Gasteiger partial charge on any atom is -0.386 e. The van der Waals surface area contributed by atoms with E-state index in [4.69, 9.17) is 4.74 Å². The third-order valence-corrected chi connectivity index (χ3v) is 1.94. The van der Waals surface area contributed by atoms with Gasteiger partial charge in [0.05, 0.1) is 11.7 Å². The summed E-state index contributed by atoms with van der Waals surface area (Å²) in [7, 11) is 0. The fourth-order valence-corrected chi connectivity index (χ4v) is 1.25. The van der Waals surface area contributed by atoms with Crippen molar-refractivity contribution >= 4 is 0 Å². The molecule has 1 aliphatic carbocycles. The van der Waals surface area contributed by atoms with E-state index < -0.39 is 5.60 Å². The molecule has 0 heterocycles. The van der Waals surface area contributed by atoms with Gasteiger partial charge in [0.2, 0.25) is 0 Å². The lowest BCUT2D eigenvalue weighted by molar-refractivity contribution is -0.109. The van der Waals surface area contributed by atoms with Crippen LogP contribution in [0.25, 0.3) is 0 Å². The zero-order chi connectivity index (χ0) is 7.61. The summed E-state index contributed by atoms with van der Waals surface area (Å²) in [5.74, 6) is 0. The molecule has 58 valence electrons. The standard InChI is InChI=1S/C8H14O2/c1-3-8(9)5-7(6-8)10-4-2/h3,7,9H,1,4-6H2,2H3. The highest BCUT2D eigenvalue weighted by atomic mass is 16.5. The van der Waals surface area contributed by atoms with E-state index in [1.54, 1.807) is 6.08 Å². The summed E-state index contributed by atoms with van der Waals surface area (Å²) in [5, 5.41) is 9.42. The van der Waals surface area contributed by atoms with E-state index in [-0.39, 0.29) is 6.10 Å². The summed E-state index contributed by atoms with van der Waals surface area (Å²) in [5.41, 5.74) is -0.625. The highest BCUT2D eigenvalue weighted by Gasteiger charge is 2.40. The summed E-state index contributed by atoms with van der Waals surface area (Å²) in [6.07, 6.45) is 3.28. The Morgan fingerprint density at radius 1 is 1.80 bits per heavy atom. The van der Waals surface area contributed by atoms with E-state index in [1.165, 1.54) is 0 Å². The van der Waals surface area contributed by atoms with Gasteiger partial charge in [0.1, 0.15) is 0 Å². The maximum absolute atomic E-state index is 9.42. The van der Waals surface area contributed by atoms with Crippen molar-refractivity contribution < 1.29 is 9.84 Å². The van der Waals surface area contributed by atoms with Gasteiger partial charge in [-0.05, 0) is 6.92 Å². The van der Waals surface area contributed by atoms with E-state index in [0.717, 1.165) is 6.61 Å². The third-order valence-electron chi connectivity index (χ3n) is 1.94. The molecular weight excluding hydrogens is 128 g/mol. The van der Waals surface area contributed by atoms with Crippen LogP contribution in [0.3, 0.4) is 0 Å². The predicted molar refractivity (Wildman–Crippen MR) is 39.8 cm³/mol.